The minimum atomic E-state index is 0.0817. The lowest BCUT2D eigenvalue weighted by Crippen LogP contribution is -2.27. The number of hydrogen-bond acceptors (Lipinski definition) is 3. The summed E-state index contributed by atoms with van der Waals surface area (Å²) < 4.78 is 0. The summed E-state index contributed by atoms with van der Waals surface area (Å²) in [5.74, 6) is 0.133. The molecule has 1 unspecified atom stereocenters. The van der Waals surface area contributed by atoms with Gasteiger partial charge in [-0.3, -0.25) is 9.78 Å². The topological polar surface area (TPSA) is 59.2 Å². The number of rotatable bonds is 5. The van der Waals surface area contributed by atoms with Crippen molar-refractivity contribution in [2.24, 2.45) is 5.73 Å². The number of carbonyl (C=O) groups is 1. The predicted octanol–water partition coefficient (Wildman–Crippen LogP) is 1.17. The average Bonchev–Trinajstić information content (AvgIpc) is 2.27. The van der Waals surface area contributed by atoms with Crippen molar-refractivity contribution in [1.82, 2.24) is 9.88 Å². The van der Waals surface area contributed by atoms with Crippen LogP contribution in [0.2, 0.25) is 0 Å². The van der Waals surface area contributed by atoms with Crippen molar-refractivity contribution in [2.45, 2.75) is 32.4 Å². The van der Waals surface area contributed by atoms with Crippen LogP contribution in [0, 0.1) is 0 Å². The van der Waals surface area contributed by atoms with Gasteiger partial charge in [0.1, 0.15) is 0 Å². The highest BCUT2D eigenvalue weighted by Gasteiger charge is 2.09. The van der Waals surface area contributed by atoms with E-state index in [-0.39, 0.29) is 11.9 Å². The standard InChI is InChI=1S/C12H19N3O/c1-10(13)3-4-12(16)15(2)9-11-5-7-14-8-6-11/h5-8,10H,3-4,9,13H2,1-2H3. The van der Waals surface area contributed by atoms with Gasteiger partial charge in [-0.2, -0.15) is 0 Å². The zero-order chi connectivity index (χ0) is 12.0. The second kappa shape index (κ2) is 6.23. The van der Waals surface area contributed by atoms with E-state index >= 15 is 0 Å². The molecule has 0 aliphatic heterocycles. The molecule has 0 saturated carbocycles. The van der Waals surface area contributed by atoms with Crippen LogP contribution in [0.15, 0.2) is 24.5 Å². The van der Waals surface area contributed by atoms with Crippen LogP contribution < -0.4 is 5.73 Å². The van der Waals surface area contributed by atoms with E-state index in [9.17, 15) is 4.79 Å². The SMILES string of the molecule is CC(N)CCC(=O)N(C)Cc1ccncc1. The normalized spacial score (nSPS) is 12.2. The maximum absolute atomic E-state index is 11.7. The average molecular weight is 221 g/mol. The number of nitrogens with zero attached hydrogens (tertiary/aromatic N) is 2. The zero-order valence-electron chi connectivity index (χ0n) is 9.89. The lowest BCUT2D eigenvalue weighted by molar-refractivity contribution is -0.130. The van der Waals surface area contributed by atoms with Crippen molar-refractivity contribution < 1.29 is 4.79 Å². The van der Waals surface area contributed by atoms with Crippen LogP contribution in [-0.4, -0.2) is 28.9 Å². The molecule has 1 amide bonds. The highest BCUT2D eigenvalue weighted by Crippen LogP contribution is 2.04. The first kappa shape index (κ1) is 12.6. The third-order valence-corrected chi connectivity index (χ3v) is 2.41. The first-order valence-electron chi connectivity index (χ1n) is 5.48. The van der Waals surface area contributed by atoms with E-state index in [1.807, 2.05) is 26.1 Å². The fourth-order valence-corrected chi connectivity index (χ4v) is 1.39. The van der Waals surface area contributed by atoms with E-state index in [4.69, 9.17) is 5.73 Å². The number of aromatic nitrogens is 1. The molecule has 16 heavy (non-hydrogen) atoms. The fraction of sp³-hybridized carbons (Fsp3) is 0.500. The summed E-state index contributed by atoms with van der Waals surface area (Å²) in [6.45, 7) is 2.54. The highest BCUT2D eigenvalue weighted by atomic mass is 16.2. The molecule has 4 nitrogen and oxygen atoms in total. The highest BCUT2D eigenvalue weighted by molar-refractivity contribution is 5.75. The smallest absolute Gasteiger partial charge is 0.222 e. The van der Waals surface area contributed by atoms with Gasteiger partial charge in [-0.1, -0.05) is 0 Å². The van der Waals surface area contributed by atoms with Crippen molar-refractivity contribution in [3.8, 4) is 0 Å². The van der Waals surface area contributed by atoms with E-state index in [2.05, 4.69) is 4.98 Å². The molecule has 0 aliphatic carbocycles. The van der Waals surface area contributed by atoms with Gasteiger partial charge >= 0.3 is 0 Å². The third kappa shape index (κ3) is 4.40. The third-order valence-electron chi connectivity index (χ3n) is 2.41. The van der Waals surface area contributed by atoms with Gasteiger partial charge in [0.2, 0.25) is 5.91 Å². The second-order valence-electron chi connectivity index (χ2n) is 4.12. The molecule has 0 aromatic carbocycles. The van der Waals surface area contributed by atoms with Crippen LogP contribution in [0.3, 0.4) is 0 Å². The molecule has 4 heteroatoms. The molecular weight excluding hydrogens is 202 g/mol. The van der Waals surface area contributed by atoms with Gasteiger partial charge in [0, 0.05) is 38.4 Å². The molecule has 0 saturated heterocycles. The Balaban J connectivity index is 2.40. The van der Waals surface area contributed by atoms with E-state index in [1.165, 1.54) is 0 Å². The molecule has 1 rings (SSSR count). The summed E-state index contributed by atoms with van der Waals surface area (Å²) in [7, 11) is 1.81. The van der Waals surface area contributed by atoms with E-state index in [1.54, 1.807) is 17.3 Å². The van der Waals surface area contributed by atoms with Gasteiger partial charge in [-0.25, -0.2) is 0 Å². The number of carbonyl (C=O) groups excluding carboxylic acids is 1. The molecular formula is C12H19N3O. The molecule has 1 atom stereocenters. The molecule has 0 fully saturated rings. The van der Waals surface area contributed by atoms with Crippen LogP contribution in [0.4, 0.5) is 0 Å². The zero-order valence-corrected chi connectivity index (χ0v) is 9.89. The second-order valence-corrected chi connectivity index (χ2v) is 4.12. The summed E-state index contributed by atoms with van der Waals surface area (Å²) in [5, 5.41) is 0. The number of pyridine rings is 1. The van der Waals surface area contributed by atoms with Crippen LogP contribution in [0.1, 0.15) is 25.3 Å². The Hall–Kier alpha value is -1.42. The molecule has 0 spiro atoms. The van der Waals surface area contributed by atoms with Gasteiger partial charge in [-0.15, -0.1) is 0 Å². The Labute approximate surface area is 96.5 Å². The Morgan fingerprint density at radius 1 is 1.50 bits per heavy atom. The van der Waals surface area contributed by atoms with Crippen molar-refractivity contribution in [2.75, 3.05) is 7.05 Å². The monoisotopic (exact) mass is 221 g/mol. The summed E-state index contributed by atoms with van der Waals surface area (Å²) >= 11 is 0. The predicted molar refractivity (Wildman–Crippen MR) is 63.6 cm³/mol. The van der Waals surface area contributed by atoms with Crippen molar-refractivity contribution in [1.29, 1.82) is 0 Å². The first-order chi connectivity index (χ1) is 7.59. The quantitative estimate of drug-likeness (QED) is 0.812. The first-order valence-corrected chi connectivity index (χ1v) is 5.48. The Morgan fingerprint density at radius 2 is 2.12 bits per heavy atom. The molecule has 1 aromatic rings. The minimum absolute atomic E-state index is 0.0817. The molecule has 88 valence electrons. The lowest BCUT2D eigenvalue weighted by atomic mass is 10.2. The van der Waals surface area contributed by atoms with Gasteiger partial charge in [0.05, 0.1) is 0 Å². The van der Waals surface area contributed by atoms with Gasteiger partial charge in [-0.05, 0) is 31.0 Å². The van der Waals surface area contributed by atoms with Crippen molar-refractivity contribution in [3.05, 3.63) is 30.1 Å². The minimum Gasteiger partial charge on any atom is -0.341 e. The summed E-state index contributed by atoms with van der Waals surface area (Å²) in [6, 6.07) is 3.91. The van der Waals surface area contributed by atoms with Gasteiger partial charge < -0.3 is 10.6 Å². The van der Waals surface area contributed by atoms with Crippen molar-refractivity contribution in [3.63, 3.8) is 0 Å². The van der Waals surface area contributed by atoms with Crippen molar-refractivity contribution >= 4 is 5.91 Å². The fourth-order valence-electron chi connectivity index (χ4n) is 1.39. The maximum atomic E-state index is 11.7. The molecule has 0 bridgehead atoms. The van der Waals surface area contributed by atoms with Crippen LogP contribution in [0.5, 0.6) is 0 Å². The van der Waals surface area contributed by atoms with Gasteiger partial charge in [0.25, 0.3) is 0 Å². The Morgan fingerprint density at radius 3 is 2.69 bits per heavy atom. The van der Waals surface area contributed by atoms with E-state index in [0.29, 0.717) is 13.0 Å². The number of hydrogen-bond donors (Lipinski definition) is 1. The van der Waals surface area contributed by atoms with Crippen LogP contribution >= 0.6 is 0 Å². The summed E-state index contributed by atoms with van der Waals surface area (Å²) in [5.41, 5.74) is 6.70. The largest absolute Gasteiger partial charge is 0.341 e. The van der Waals surface area contributed by atoms with Crippen LogP contribution in [-0.2, 0) is 11.3 Å². The molecule has 1 aromatic heterocycles. The number of amides is 1. The molecule has 0 aliphatic rings. The lowest BCUT2D eigenvalue weighted by Gasteiger charge is -2.17. The molecule has 1 heterocycles. The van der Waals surface area contributed by atoms with E-state index < -0.39 is 0 Å². The number of nitrogens with two attached hydrogens (primary N) is 1. The Kier molecular flexibility index (Phi) is 4.92. The van der Waals surface area contributed by atoms with E-state index in [0.717, 1.165) is 12.0 Å². The summed E-state index contributed by atoms with van der Waals surface area (Å²) in [4.78, 5) is 17.4. The maximum Gasteiger partial charge on any atom is 0.222 e. The van der Waals surface area contributed by atoms with Crippen LogP contribution in [0.25, 0.3) is 0 Å². The molecule has 2 N–H and O–H groups in total. The summed E-state index contributed by atoms with van der Waals surface area (Å²) in [6.07, 6.45) is 4.71. The Bertz CT molecular complexity index is 324. The van der Waals surface area contributed by atoms with Gasteiger partial charge in [0.15, 0.2) is 0 Å². The molecule has 0 radical (unpaired) electrons.